The van der Waals surface area contributed by atoms with Crippen LogP contribution in [0.4, 0.5) is 0 Å². The van der Waals surface area contributed by atoms with Crippen LogP contribution in [-0.4, -0.2) is 37.2 Å². The first-order valence-corrected chi connectivity index (χ1v) is 33.2. The SMILES string of the molecule is CC/C=C\C/C=C\C/C=C\C/C=C\C/C=C\C/C=C\C/C=C\CCCCCCCCCC(=O)OCC(COC(=O)CCCCCCC/C=C\CCCCCCC)OC(=O)CCCCCCCC/C=C\C/C=C\C/C=C\CCCCC. The van der Waals surface area contributed by atoms with Crippen molar-refractivity contribution in [2.45, 2.75) is 303 Å². The molecule has 6 nitrogen and oxygen atoms in total. The summed E-state index contributed by atoms with van der Waals surface area (Å²) in [6.07, 6.45) is 94.5. The minimum absolute atomic E-state index is 0.0939. The van der Waals surface area contributed by atoms with Crippen LogP contribution in [0.2, 0.25) is 0 Å². The Bertz CT molecular complexity index is 1700. The standard InChI is InChI=1S/C74H122O6/c1-4-7-10-13-16-19-22-25-28-30-32-33-34-35-36-37-38-39-40-41-43-44-46-49-52-55-58-61-64-67-73(76)79-70-71(69-78-72(75)66-63-60-57-54-51-48-27-24-21-18-15-12-9-6-3)80-74(77)68-65-62-59-56-53-50-47-45-42-31-29-26-23-20-17-14-11-8-5-2/h7,10,16-17,19-20,24-29,32-33,35-36,38-39,41-43,45,71H,4-6,8-9,11-15,18,21-23,30-31,34,37,40,44,46-70H2,1-3H3/b10-7-,19-16-,20-17-,27-24-,28-25-,29-26-,33-32-,36-35-,39-38-,43-41-,45-42-. The minimum atomic E-state index is -0.799. The number of rotatable bonds is 59. The van der Waals surface area contributed by atoms with E-state index in [1.165, 1.54) is 116 Å². The van der Waals surface area contributed by atoms with Gasteiger partial charge in [-0.25, -0.2) is 0 Å². The molecule has 0 aliphatic carbocycles. The Kier molecular flexibility index (Phi) is 63.3. The van der Waals surface area contributed by atoms with Crippen LogP contribution in [-0.2, 0) is 28.6 Å². The largest absolute Gasteiger partial charge is 0.462 e. The van der Waals surface area contributed by atoms with Crippen LogP contribution in [0.15, 0.2) is 134 Å². The summed E-state index contributed by atoms with van der Waals surface area (Å²) < 4.78 is 16.9. The van der Waals surface area contributed by atoms with E-state index in [-0.39, 0.29) is 31.1 Å². The number of hydrogen-bond acceptors (Lipinski definition) is 6. The zero-order valence-corrected chi connectivity index (χ0v) is 52.0. The number of esters is 3. The van der Waals surface area contributed by atoms with Crippen molar-refractivity contribution in [1.29, 1.82) is 0 Å². The fourth-order valence-corrected chi connectivity index (χ4v) is 8.89. The third kappa shape index (κ3) is 64.4. The number of unbranched alkanes of at least 4 members (excludes halogenated alkanes) is 26. The highest BCUT2D eigenvalue weighted by Crippen LogP contribution is 2.15. The molecular weight excluding hydrogens is 985 g/mol. The number of ether oxygens (including phenoxy) is 3. The van der Waals surface area contributed by atoms with E-state index in [0.29, 0.717) is 19.3 Å². The molecule has 0 saturated heterocycles. The Hall–Kier alpha value is -4.45. The van der Waals surface area contributed by atoms with Gasteiger partial charge in [-0.05, 0) is 141 Å². The van der Waals surface area contributed by atoms with Crippen LogP contribution >= 0.6 is 0 Å². The maximum Gasteiger partial charge on any atom is 0.306 e. The summed E-state index contributed by atoms with van der Waals surface area (Å²) in [6, 6.07) is 0. The van der Waals surface area contributed by atoms with E-state index in [4.69, 9.17) is 14.2 Å². The molecule has 1 atom stereocenters. The molecule has 0 spiro atoms. The van der Waals surface area contributed by atoms with Gasteiger partial charge in [-0.1, -0.05) is 270 Å². The van der Waals surface area contributed by atoms with Crippen molar-refractivity contribution in [1.82, 2.24) is 0 Å². The van der Waals surface area contributed by atoms with Crippen molar-refractivity contribution in [3.8, 4) is 0 Å². The van der Waals surface area contributed by atoms with Crippen LogP contribution in [0, 0.1) is 0 Å². The molecule has 0 amide bonds. The lowest BCUT2D eigenvalue weighted by Gasteiger charge is -2.18. The first-order chi connectivity index (χ1) is 39.5. The van der Waals surface area contributed by atoms with Crippen LogP contribution in [0.3, 0.4) is 0 Å². The van der Waals surface area contributed by atoms with Crippen molar-refractivity contribution in [2.24, 2.45) is 0 Å². The molecule has 1 unspecified atom stereocenters. The van der Waals surface area contributed by atoms with Gasteiger partial charge in [0.1, 0.15) is 13.2 Å². The Morgan fingerprint density at radius 3 is 0.800 bits per heavy atom. The van der Waals surface area contributed by atoms with Gasteiger partial charge in [0.15, 0.2) is 6.10 Å². The summed E-state index contributed by atoms with van der Waals surface area (Å²) in [7, 11) is 0. The van der Waals surface area contributed by atoms with Gasteiger partial charge < -0.3 is 14.2 Å². The lowest BCUT2D eigenvalue weighted by molar-refractivity contribution is -0.167. The Labute approximate surface area is 494 Å². The predicted octanol–water partition coefficient (Wildman–Crippen LogP) is 22.9. The number of carbonyl (C=O) groups excluding carboxylic acids is 3. The maximum atomic E-state index is 12.9. The molecule has 0 radical (unpaired) electrons. The third-order valence-corrected chi connectivity index (χ3v) is 13.9. The smallest absolute Gasteiger partial charge is 0.306 e. The van der Waals surface area contributed by atoms with E-state index in [2.05, 4.69) is 154 Å². The van der Waals surface area contributed by atoms with Crippen molar-refractivity contribution < 1.29 is 28.6 Å². The maximum absolute atomic E-state index is 12.9. The molecule has 0 aliphatic rings. The summed E-state index contributed by atoms with van der Waals surface area (Å²) in [4.78, 5) is 38.4. The van der Waals surface area contributed by atoms with Gasteiger partial charge in [0, 0.05) is 19.3 Å². The molecule has 454 valence electrons. The van der Waals surface area contributed by atoms with Gasteiger partial charge in [-0.15, -0.1) is 0 Å². The summed E-state index contributed by atoms with van der Waals surface area (Å²) in [5.74, 6) is -0.922. The first kappa shape index (κ1) is 75.5. The lowest BCUT2D eigenvalue weighted by Crippen LogP contribution is -2.30. The Morgan fingerprint density at radius 2 is 0.487 bits per heavy atom. The first-order valence-electron chi connectivity index (χ1n) is 33.2. The molecule has 0 N–H and O–H groups in total. The van der Waals surface area contributed by atoms with Crippen molar-refractivity contribution in [3.05, 3.63) is 134 Å². The molecule has 0 fully saturated rings. The van der Waals surface area contributed by atoms with Crippen LogP contribution in [0.5, 0.6) is 0 Å². The third-order valence-electron chi connectivity index (χ3n) is 13.9. The zero-order valence-electron chi connectivity index (χ0n) is 52.0. The fourth-order valence-electron chi connectivity index (χ4n) is 8.89. The molecule has 0 aromatic carbocycles. The van der Waals surface area contributed by atoms with E-state index in [9.17, 15) is 14.4 Å². The van der Waals surface area contributed by atoms with Crippen molar-refractivity contribution >= 4 is 17.9 Å². The predicted molar refractivity (Wildman–Crippen MR) is 348 cm³/mol. The molecule has 0 saturated carbocycles. The normalized spacial score (nSPS) is 13.0. The molecular formula is C74H122O6. The summed E-state index contributed by atoms with van der Waals surface area (Å²) in [5, 5.41) is 0. The van der Waals surface area contributed by atoms with Crippen LogP contribution < -0.4 is 0 Å². The lowest BCUT2D eigenvalue weighted by atomic mass is 10.1. The summed E-state index contributed by atoms with van der Waals surface area (Å²) in [5.41, 5.74) is 0. The second-order valence-electron chi connectivity index (χ2n) is 21.6. The number of hydrogen-bond donors (Lipinski definition) is 0. The highest BCUT2D eigenvalue weighted by atomic mass is 16.6. The van der Waals surface area contributed by atoms with Crippen molar-refractivity contribution in [2.75, 3.05) is 13.2 Å². The molecule has 0 rings (SSSR count). The van der Waals surface area contributed by atoms with Gasteiger partial charge in [-0.2, -0.15) is 0 Å². The monoisotopic (exact) mass is 1110 g/mol. The molecule has 0 aromatic heterocycles. The molecule has 0 heterocycles. The highest BCUT2D eigenvalue weighted by molar-refractivity contribution is 5.71. The Morgan fingerprint density at radius 1 is 0.263 bits per heavy atom. The fraction of sp³-hybridized carbons (Fsp3) is 0.662. The van der Waals surface area contributed by atoms with Gasteiger partial charge in [-0.3, -0.25) is 14.4 Å². The quantitative estimate of drug-likeness (QED) is 0.0261. The number of carbonyl (C=O) groups is 3. The molecule has 6 heteroatoms. The van der Waals surface area contributed by atoms with E-state index in [1.54, 1.807) is 0 Å². The second-order valence-corrected chi connectivity index (χ2v) is 21.6. The summed E-state index contributed by atoms with van der Waals surface area (Å²) >= 11 is 0. The van der Waals surface area contributed by atoms with E-state index < -0.39 is 6.10 Å². The average Bonchev–Trinajstić information content (AvgIpc) is 3.46. The van der Waals surface area contributed by atoms with Gasteiger partial charge in [0.2, 0.25) is 0 Å². The highest BCUT2D eigenvalue weighted by Gasteiger charge is 2.19. The summed E-state index contributed by atoms with van der Waals surface area (Å²) in [6.45, 7) is 6.47. The van der Waals surface area contributed by atoms with E-state index in [1.807, 2.05) is 0 Å². The van der Waals surface area contributed by atoms with Gasteiger partial charge in [0.25, 0.3) is 0 Å². The average molecular weight is 1110 g/mol. The minimum Gasteiger partial charge on any atom is -0.462 e. The second kappa shape index (κ2) is 67.1. The van der Waals surface area contributed by atoms with Gasteiger partial charge in [0.05, 0.1) is 0 Å². The molecule has 0 aromatic rings. The van der Waals surface area contributed by atoms with E-state index >= 15 is 0 Å². The van der Waals surface area contributed by atoms with Gasteiger partial charge >= 0.3 is 17.9 Å². The van der Waals surface area contributed by atoms with Crippen LogP contribution in [0.25, 0.3) is 0 Å². The number of allylic oxidation sites excluding steroid dienone is 22. The van der Waals surface area contributed by atoms with E-state index in [0.717, 1.165) is 141 Å². The molecule has 0 aliphatic heterocycles. The topological polar surface area (TPSA) is 78.9 Å². The Balaban J connectivity index is 4.39. The molecule has 0 bridgehead atoms. The van der Waals surface area contributed by atoms with Crippen molar-refractivity contribution in [3.63, 3.8) is 0 Å². The zero-order chi connectivity index (χ0) is 57.8. The van der Waals surface area contributed by atoms with Crippen LogP contribution in [0.1, 0.15) is 297 Å². The molecule has 80 heavy (non-hydrogen) atoms.